The number of nitrogens with zero attached hydrogens (tertiary/aromatic N) is 2. The predicted octanol–water partition coefficient (Wildman–Crippen LogP) is 3.16. The smallest absolute Gasteiger partial charge is 0.399 e. The first-order valence-electron chi connectivity index (χ1n) is 8.46. The summed E-state index contributed by atoms with van der Waals surface area (Å²) in [4.78, 5) is 6.29. The van der Waals surface area contributed by atoms with E-state index in [4.69, 9.17) is 9.31 Å². The highest BCUT2D eigenvalue weighted by atomic mass is 19.1. The van der Waals surface area contributed by atoms with Crippen molar-refractivity contribution in [3.05, 3.63) is 54.0 Å². The minimum Gasteiger partial charge on any atom is -0.399 e. The highest BCUT2D eigenvalue weighted by molar-refractivity contribution is 6.63. The van der Waals surface area contributed by atoms with Crippen LogP contribution in [0.2, 0.25) is 0 Å². The molecule has 0 unspecified atom stereocenters. The fraction of sp³-hybridized carbons (Fsp3) is 0.421. The Bertz CT molecular complexity index is 736. The van der Waals surface area contributed by atoms with Crippen molar-refractivity contribution in [1.82, 2.24) is 4.98 Å². The molecule has 1 aliphatic heterocycles. The van der Waals surface area contributed by atoms with Crippen molar-refractivity contribution in [2.75, 3.05) is 11.9 Å². The number of anilines is 1. The number of hydrogen-bond acceptors (Lipinski definition) is 4. The Kier molecular flexibility index (Phi) is 4.60. The molecule has 0 amide bonds. The summed E-state index contributed by atoms with van der Waals surface area (Å²) in [6.45, 7) is 8.58. The van der Waals surface area contributed by atoms with Crippen LogP contribution < -0.4 is 10.4 Å². The van der Waals surface area contributed by atoms with Crippen LogP contribution in [0.3, 0.4) is 0 Å². The van der Waals surface area contributed by atoms with Crippen LogP contribution in [0.4, 0.5) is 10.2 Å². The van der Waals surface area contributed by atoms with Gasteiger partial charge in [-0.25, -0.2) is 9.37 Å². The van der Waals surface area contributed by atoms with E-state index in [2.05, 4.69) is 17.1 Å². The SMILES string of the molecule is CN(Cc1ccccc1)c1ncc(F)cc1B1OC(C)(C)C(C)(C)O1. The van der Waals surface area contributed by atoms with Gasteiger partial charge in [0.15, 0.2) is 0 Å². The van der Waals surface area contributed by atoms with Gasteiger partial charge in [-0.05, 0) is 39.3 Å². The van der Waals surface area contributed by atoms with Gasteiger partial charge in [-0.3, -0.25) is 0 Å². The molecule has 2 aromatic rings. The molecule has 0 aliphatic carbocycles. The van der Waals surface area contributed by atoms with E-state index in [-0.39, 0.29) is 0 Å². The van der Waals surface area contributed by atoms with Gasteiger partial charge >= 0.3 is 7.12 Å². The lowest BCUT2D eigenvalue weighted by Crippen LogP contribution is -2.41. The van der Waals surface area contributed by atoms with Crippen LogP contribution in [0.15, 0.2) is 42.6 Å². The topological polar surface area (TPSA) is 34.6 Å². The molecule has 1 aliphatic rings. The lowest BCUT2D eigenvalue weighted by Gasteiger charge is -2.32. The molecule has 0 radical (unpaired) electrons. The van der Waals surface area contributed by atoms with E-state index < -0.39 is 24.1 Å². The van der Waals surface area contributed by atoms with Gasteiger partial charge < -0.3 is 14.2 Å². The van der Waals surface area contributed by atoms with Crippen LogP contribution in [-0.2, 0) is 15.9 Å². The van der Waals surface area contributed by atoms with E-state index in [1.54, 1.807) is 0 Å². The lowest BCUT2D eigenvalue weighted by molar-refractivity contribution is 0.00578. The molecule has 3 rings (SSSR count). The molecular formula is C19H24BFN2O2. The molecule has 0 N–H and O–H groups in total. The maximum absolute atomic E-state index is 13.9. The second kappa shape index (κ2) is 6.43. The van der Waals surface area contributed by atoms with Crippen molar-refractivity contribution in [2.24, 2.45) is 0 Å². The van der Waals surface area contributed by atoms with E-state index in [9.17, 15) is 4.39 Å². The molecule has 4 nitrogen and oxygen atoms in total. The molecule has 2 heterocycles. The number of halogens is 1. The second-order valence-corrected chi connectivity index (χ2v) is 7.50. The molecule has 1 fully saturated rings. The van der Waals surface area contributed by atoms with Gasteiger partial charge in [0.1, 0.15) is 11.6 Å². The maximum atomic E-state index is 13.9. The average molecular weight is 342 g/mol. The fourth-order valence-electron chi connectivity index (χ4n) is 2.84. The van der Waals surface area contributed by atoms with Gasteiger partial charge in [0.05, 0.1) is 17.4 Å². The van der Waals surface area contributed by atoms with Crippen LogP contribution in [0.25, 0.3) is 0 Å². The molecule has 0 saturated carbocycles. The molecule has 6 heteroatoms. The first-order valence-corrected chi connectivity index (χ1v) is 8.46. The van der Waals surface area contributed by atoms with Crippen molar-refractivity contribution >= 4 is 18.4 Å². The summed E-state index contributed by atoms with van der Waals surface area (Å²) < 4.78 is 26.1. The molecular weight excluding hydrogens is 318 g/mol. The van der Waals surface area contributed by atoms with E-state index in [0.717, 1.165) is 5.56 Å². The summed E-state index contributed by atoms with van der Waals surface area (Å²) in [6, 6.07) is 11.5. The molecule has 132 valence electrons. The van der Waals surface area contributed by atoms with Crippen molar-refractivity contribution < 1.29 is 13.7 Å². The van der Waals surface area contributed by atoms with Gasteiger partial charge in [-0.1, -0.05) is 30.3 Å². The van der Waals surface area contributed by atoms with Crippen molar-refractivity contribution in [2.45, 2.75) is 45.4 Å². The Balaban J connectivity index is 1.91. The molecule has 1 aromatic carbocycles. The van der Waals surface area contributed by atoms with Gasteiger partial charge in [0.25, 0.3) is 0 Å². The molecule has 0 bridgehead atoms. The Morgan fingerprint density at radius 1 is 1.08 bits per heavy atom. The number of pyridine rings is 1. The summed E-state index contributed by atoms with van der Waals surface area (Å²) in [5, 5.41) is 0. The van der Waals surface area contributed by atoms with E-state index >= 15 is 0 Å². The van der Waals surface area contributed by atoms with Gasteiger partial charge in [-0.15, -0.1) is 0 Å². The Hall–Kier alpha value is -1.92. The van der Waals surface area contributed by atoms with E-state index in [0.29, 0.717) is 17.8 Å². The summed E-state index contributed by atoms with van der Waals surface area (Å²) in [5.41, 5.74) is 0.784. The minimum atomic E-state index is -0.651. The van der Waals surface area contributed by atoms with Crippen LogP contribution in [-0.4, -0.2) is 30.4 Å². The third-order valence-corrected chi connectivity index (χ3v) is 4.99. The lowest BCUT2D eigenvalue weighted by atomic mass is 9.79. The predicted molar refractivity (Wildman–Crippen MR) is 98.5 cm³/mol. The normalized spacial score (nSPS) is 18.4. The average Bonchev–Trinajstić information content (AvgIpc) is 2.76. The highest BCUT2D eigenvalue weighted by Gasteiger charge is 2.52. The van der Waals surface area contributed by atoms with E-state index in [1.807, 2.05) is 57.8 Å². The third kappa shape index (κ3) is 3.55. The first kappa shape index (κ1) is 17.9. The zero-order valence-electron chi connectivity index (χ0n) is 15.4. The monoisotopic (exact) mass is 342 g/mol. The number of rotatable bonds is 4. The fourth-order valence-corrected chi connectivity index (χ4v) is 2.84. The second-order valence-electron chi connectivity index (χ2n) is 7.50. The highest BCUT2D eigenvalue weighted by Crippen LogP contribution is 2.37. The largest absolute Gasteiger partial charge is 0.498 e. The van der Waals surface area contributed by atoms with Crippen molar-refractivity contribution in [3.63, 3.8) is 0 Å². The molecule has 0 atom stereocenters. The maximum Gasteiger partial charge on any atom is 0.498 e. The standard InChI is InChI=1S/C19H24BFN2O2/c1-18(2)19(3,4)25-20(24-18)16-11-15(21)12-22-17(16)23(5)13-14-9-7-6-8-10-14/h6-12H,13H2,1-5H3. The number of aromatic nitrogens is 1. The third-order valence-electron chi connectivity index (χ3n) is 4.99. The summed E-state index contributed by atoms with van der Waals surface area (Å²) in [5.74, 6) is 0.255. The minimum absolute atomic E-state index is 0.401. The summed E-state index contributed by atoms with van der Waals surface area (Å²) in [7, 11) is 1.28. The quantitative estimate of drug-likeness (QED) is 0.800. The van der Waals surface area contributed by atoms with Crippen molar-refractivity contribution in [1.29, 1.82) is 0 Å². The van der Waals surface area contributed by atoms with Crippen LogP contribution in [0.1, 0.15) is 33.3 Å². The first-order chi connectivity index (χ1) is 11.7. The van der Waals surface area contributed by atoms with Crippen molar-refractivity contribution in [3.8, 4) is 0 Å². The Labute approximate surface area is 149 Å². The Morgan fingerprint density at radius 3 is 2.28 bits per heavy atom. The molecule has 25 heavy (non-hydrogen) atoms. The molecule has 1 aromatic heterocycles. The van der Waals surface area contributed by atoms with Crippen LogP contribution in [0.5, 0.6) is 0 Å². The van der Waals surface area contributed by atoms with Gasteiger partial charge in [0, 0.05) is 19.1 Å². The molecule has 1 saturated heterocycles. The van der Waals surface area contributed by atoms with Gasteiger partial charge in [-0.2, -0.15) is 0 Å². The van der Waals surface area contributed by atoms with Crippen LogP contribution in [0, 0.1) is 5.82 Å². The number of hydrogen-bond donors (Lipinski definition) is 0. The number of benzene rings is 1. The van der Waals surface area contributed by atoms with Crippen LogP contribution >= 0.6 is 0 Å². The molecule has 0 spiro atoms. The van der Waals surface area contributed by atoms with E-state index in [1.165, 1.54) is 12.3 Å². The van der Waals surface area contributed by atoms with Gasteiger partial charge in [0.2, 0.25) is 0 Å². The Morgan fingerprint density at radius 2 is 1.68 bits per heavy atom. The zero-order chi connectivity index (χ0) is 18.2. The summed E-state index contributed by atoms with van der Waals surface area (Å²) in [6.07, 6.45) is 1.23. The summed E-state index contributed by atoms with van der Waals surface area (Å²) >= 11 is 0. The zero-order valence-corrected chi connectivity index (χ0v) is 15.4.